The van der Waals surface area contributed by atoms with Gasteiger partial charge >= 0.3 is 6.09 Å². The Hall–Kier alpha value is -1.56. The predicted octanol–water partition coefficient (Wildman–Crippen LogP) is 0.937. The molecule has 0 aromatic carbocycles. The van der Waals surface area contributed by atoms with E-state index in [2.05, 4.69) is 0 Å². The third kappa shape index (κ3) is 2.81. The smallest absolute Gasteiger partial charge is 0.414 e. The minimum atomic E-state index is -0.522. The first-order valence-corrected chi connectivity index (χ1v) is 5.95. The summed E-state index contributed by atoms with van der Waals surface area (Å²) >= 11 is 0. The van der Waals surface area contributed by atoms with Crippen LogP contribution < -0.4 is 0 Å². The van der Waals surface area contributed by atoms with Crippen LogP contribution in [0.4, 0.5) is 4.79 Å². The normalized spacial score (nSPS) is 20.4. The zero-order chi connectivity index (χ0) is 13.3. The van der Waals surface area contributed by atoms with E-state index in [4.69, 9.17) is 9.47 Å². The summed E-state index contributed by atoms with van der Waals surface area (Å²) in [7, 11) is 0. The van der Waals surface area contributed by atoms with Crippen molar-refractivity contribution in [2.75, 3.05) is 26.3 Å². The van der Waals surface area contributed by atoms with Gasteiger partial charge in [-0.25, -0.2) is 4.79 Å². The molecule has 6 heteroatoms. The molecule has 2 rings (SSSR count). The van der Waals surface area contributed by atoms with E-state index in [9.17, 15) is 9.59 Å². The fraction of sp³-hybridized carbons (Fsp3) is 0.667. The molecule has 0 radical (unpaired) electrons. The summed E-state index contributed by atoms with van der Waals surface area (Å²) in [6.07, 6.45) is 1.24. The second-order valence-electron chi connectivity index (χ2n) is 5.33. The molecule has 0 N–H and O–H groups in total. The van der Waals surface area contributed by atoms with E-state index in [1.54, 1.807) is 11.1 Å². The maximum Gasteiger partial charge on any atom is 0.414 e. The molecule has 18 heavy (non-hydrogen) atoms. The monoisotopic (exact) mass is 254 g/mol. The highest BCUT2D eigenvalue weighted by molar-refractivity contribution is 5.81. The van der Waals surface area contributed by atoms with Gasteiger partial charge in [0, 0.05) is 19.3 Å². The van der Waals surface area contributed by atoms with Crippen molar-refractivity contribution in [1.82, 2.24) is 9.80 Å². The van der Waals surface area contributed by atoms with Gasteiger partial charge in [0.2, 0.25) is 0 Å². The fourth-order valence-electron chi connectivity index (χ4n) is 1.85. The topological polar surface area (TPSA) is 59.1 Å². The van der Waals surface area contributed by atoms with Gasteiger partial charge in [0.05, 0.1) is 12.3 Å². The van der Waals surface area contributed by atoms with Gasteiger partial charge < -0.3 is 14.4 Å². The van der Waals surface area contributed by atoms with Gasteiger partial charge in [0.1, 0.15) is 12.2 Å². The first-order chi connectivity index (χ1) is 8.37. The summed E-state index contributed by atoms with van der Waals surface area (Å²) in [4.78, 5) is 26.6. The number of carbonyl (C=O) groups excluding carboxylic acids is 2. The van der Waals surface area contributed by atoms with E-state index in [1.807, 2.05) is 20.8 Å². The van der Waals surface area contributed by atoms with Crippen molar-refractivity contribution in [2.45, 2.75) is 26.4 Å². The van der Waals surface area contributed by atoms with Gasteiger partial charge in [0.25, 0.3) is 5.91 Å². The molecule has 0 unspecified atom stereocenters. The maximum absolute atomic E-state index is 11.9. The summed E-state index contributed by atoms with van der Waals surface area (Å²) in [5.74, 6) is -0.0589. The van der Waals surface area contributed by atoms with Crippen LogP contribution >= 0.6 is 0 Å². The highest BCUT2D eigenvalue weighted by Gasteiger charge is 2.31. The van der Waals surface area contributed by atoms with Crippen LogP contribution in [0.25, 0.3) is 0 Å². The molecule has 0 bridgehead atoms. The number of fused-ring (bicyclic) bond motifs is 1. The van der Waals surface area contributed by atoms with Crippen LogP contribution in [0.2, 0.25) is 0 Å². The fourth-order valence-corrected chi connectivity index (χ4v) is 1.85. The van der Waals surface area contributed by atoms with E-state index in [-0.39, 0.29) is 12.5 Å². The van der Waals surface area contributed by atoms with Gasteiger partial charge in [-0.05, 0) is 20.8 Å². The van der Waals surface area contributed by atoms with Gasteiger partial charge in [-0.1, -0.05) is 0 Å². The Balaban J connectivity index is 2.07. The third-order valence-electron chi connectivity index (χ3n) is 2.62. The van der Waals surface area contributed by atoms with Crippen molar-refractivity contribution in [3.63, 3.8) is 0 Å². The van der Waals surface area contributed by atoms with Crippen LogP contribution in [-0.4, -0.2) is 53.7 Å². The molecule has 2 amide bonds. The van der Waals surface area contributed by atoms with Crippen LogP contribution in [0.3, 0.4) is 0 Å². The Morgan fingerprint density at radius 3 is 2.72 bits per heavy atom. The largest absolute Gasteiger partial charge is 0.443 e. The lowest BCUT2D eigenvalue weighted by atomic mass is 10.2. The van der Waals surface area contributed by atoms with Crippen molar-refractivity contribution in [1.29, 1.82) is 0 Å². The lowest BCUT2D eigenvalue weighted by Crippen LogP contribution is -2.49. The molecule has 1 fully saturated rings. The Morgan fingerprint density at radius 2 is 2.06 bits per heavy atom. The molecule has 0 atom stereocenters. The quantitative estimate of drug-likeness (QED) is 0.645. The summed E-state index contributed by atoms with van der Waals surface area (Å²) in [6.45, 7) is 6.87. The van der Waals surface area contributed by atoms with E-state index in [0.29, 0.717) is 25.4 Å². The third-order valence-corrected chi connectivity index (χ3v) is 2.62. The minimum Gasteiger partial charge on any atom is -0.443 e. The Bertz CT molecular complexity index is 397. The molecular weight excluding hydrogens is 236 g/mol. The standard InChI is InChI=1S/C12H18N2O4/c1-12(2,3)18-11(16)13-4-5-14-9(6-13)7-17-8-10(14)15/h6H,4-5,7-8H2,1-3H3. The maximum atomic E-state index is 11.9. The molecule has 2 aliphatic rings. The van der Waals surface area contributed by atoms with Gasteiger partial charge in [-0.15, -0.1) is 0 Å². The Labute approximate surface area is 106 Å². The van der Waals surface area contributed by atoms with Crippen LogP contribution in [0.5, 0.6) is 0 Å². The average molecular weight is 254 g/mol. The molecule has 2 aliphatic heterocycles. The zero-order valence-corrected chi connectivity index (χ0v) is 10.9. The molecule has 0 spiro atoms. The van der Waals surface area contributed by atoms with E-state index < -0.39 is 11.7 Å². The Morgan fingerprint density at radius 1 is 1.33 bits per heavy atom. The summed E-state index contributed by atoms with van der Waals surface area (Å²) in [5, 5.41) is 0. The molecular formula is C12H18N2O4. The number of hydrogen-bond donors (Lipinski definition) is 0. The molecule has 0 aromatic heterocycles. The predicted molar refractivity (Wildman–Crippen MR) is 63.6 cm³/mol. The van der Waals surface area contributed by atoms with Crippen LogP contribution in [-0.2, 0) is 14.3 Å². The first kappa shape index (κ1) is 12.9. The number of carbonyl (C=O) groups is 2. The lowest BCUT2D eigenvalue weighted by Gasteiger charge is -2.36. The Kier molecular flexibility index (Phi) is 3.30. The summed E-state index contributed by atoms with van der Waals surface area (Å²) < 4.78 is 10.4. The first-order valence-electron chi connectivity index (χ1n) is 5.95. The van der Waals surface area contributed by atoms with Crippen molar-refractivity contribution in [2.24, 2.45) is 0 Å². The highest BCUT2D eigenvalue weighted by Crippen LogP contribution is 2.19. The molecule has 100 valence electrons. The van der Waals surface area contributed by atoms with E-state index >= 15 is 0 Å². The van der Waals surface area contributed by atoms with Crippen molar-refractivity contribution >= 4 is 12.0 Å². The van der Waals surface area contributed by atoms with Gasteiger partial charge in [0.15, 0.2) is 0 Å². The van der Waals surface area contributed by atoms with Crippen molar-refractivity contribution < 1.29 is 19.1 Å². The van der Waals surface area contributed by atoms with Crippen LogP contribution in [0.1, 0.15) is 20.8 Å². The summed E-state index contributed by atoms with van der Waals surface area (Å²) in [5.41, 5.74) is 0.189. The number of nitrogens with zero attached hydrogens (tertiary/aromatic N) is 2. The second-order valence-corrected chi connectivity index (χ2v) is 5.33. The average Bonchev–Trinajstić information content (AvgIpc) is 2.26. The SMILES string of the molecule is CC(C)(C)OC(=O)N1C=C2COCC(=O)N2CC1. The number of rotatable bonds is 0. The van der Waals surface area contributed by atoms with Crippen LogP contribution in [0, 0.1) is 0 Å². The number of morpholine rings is 1. The molecule has 0 aromatic rings. The van der Waals surface area contributed by atoms with Crippen LogP contribution in [0.15, 0.2) is 11.9 Å². The minimum absolute atomic E-state index is 0.0589. The molecule has 1 saturated heterocycles. The van der Waals surface area contributed by atoms with Crippen molar-refractivity contribution in [3.8, 4) is 0 Å². The number of amides is 2. The molecule has 6 nitrogen and oxygen atoms in total. The van der Waals surface area contributed by atoms with Gasteiger partial charge in [-0.3, -0.25) is 9.69 Å². The second kappa shape index (κ2) is 4.61. The summed E-state index contributed by atoms with van der Waals surface area (Å²) in [6, 6.07) is 0. The number of ether oxygens (including phenoxy) is 2. The molecule has 0 saturated carbocycles. The molecule has 0 aliphatic carbocycles. The number of hydrogen-bond acceptors (Lipinski definition) is 4. The van der Waals surface area contributed by atoms with Crippen molar-refractivity contribution in [3.05, 3.63) is 11.9 Å². The highest BCUT2D eigenvalue weighted by atomic mass is 16.6. The van der Waals surface area contributed by atoms with E-state index in [0.717, 1.165) is 0 Å². The zero-order valence-electron chi connectivity index (χ0n) is 10.9. The lowest BCUT2D eigenvalue weighted by molar-refractivity contribution is -0.139. The van der Waals surface area contributed by atoms with E-state index in [1.165, 1.54) is 4.90 Å². The van der Waals surface area contributed by atoms with Gasteiger partial charge in [-0.2, -0.15) is 0 Å². The molecule has 2 heterocycles.